The SMILES string of the molecule is O=C1c2ccccc2C(=O)N1C[C@H](O)Cn1ccnc1. The predicted octanol–water partition coefficient (Wildman–Crippen LogP) is 0.540. The summed E-state index contributed by atoms with van der Waals surface area (Å²) in [7, 11) is 0. The zero-order valence-electron chi connectivity index (χ0n) is 10.6. The average Bonchev–Trinajstić information content (AvgIpc) is 3.03. The fourth-order valence-corrected chi connectivity index (χ4v) is 2.31. The van der Waals surface area contributed by atoms with E-state index in [1.165, 1.54) is 0 Å². The minimum Gasteiger partial charge on any atom is -0.389 e. The van der Waals surface area contributed by atoms with Crippen LogP contribution < -0.4 is 0 Å². The van der Waals surface area contributed by atoms with Gasteiger partial charge in [-0.3, -0.25) is 14.5 Å². The molecule has 3 rings (SSSR count). The van der Waals surface area contributed by atoms with E-state index in [4.69, 9.17) is 0 Å². The molecular weight excluding hydrogens is 258 g/mol. The van der Waals surface area contributed by atoms with Gasteiger partial charge >= 0.3 is 0 Å². The Morgan fingerprint density at radius 3 is 2.30 bits per heavy atom. The van der Waals surface area contributed by atoms with Crippen LogP contribution in [0.4, 0.5) is 0 Å². The molecular formula is C14H13N3O3. The number of hydrogen-bond donors (Lipinski definition) is 1. The molecule has 20 heavy (non-hydrogen) atoms. The standard InChI is InChI=1S/C14H13N3O3/c18-10(7-16-6-5-15-9-16)8-17-13(19)11-3-1-2-4-12(11)14(17)20/h1-6,9-10,18H,7-8H2/t10-/m1/s1. The summed E-state index contributed by atoms with van der Waals surface area (Å²) in [4.78, 5) is 29.2. The second-order valence-electron chi connectivity index (χ2n) is 4.68. The maximum absolute atomic E-state index is 12.1. The van der Waals surface area contributed by atoms with Crippen LogP contribution in [-0.4, -0.2) is 44.0 Å². The number of benzene rings is 1. The zero-order valence-corrected chi connectivity index (χ0v) is 10.6. The largest absolute Gasteiger partial charge is 0.389 e. The molecule has 6 heteroatoms. The van der Waals surface area contributed by atoms with Crippen LogP contribution in [0.1, 0.15) is 20.7 Å². The van der Waals surface area contributed by atoms with Gasteiger partial charge in [-0.2, -0.15) is 0 Å². The van der Waals surface area contributed by atoms with E-state index in [9.17, 15) is 14.7 Å². The van der Waals surface area contributed by atoms with Gasteiger partial charge in [0.05, 0.1) is 36.6 Å². The number of aliphatic hydroxyl groups excluding tert-OH is 1. The Kier molecular flexibility index (Phi) is 3.08. The summed E-state index contributed by atoms with van der Waals surface area (Å²) >= 11 is 0. The van der Waals surface area contributed by atoms with Crippen LogP contribution in [0.15, 0.2) is 43.0 Å². The molecule has 1 aromatic heterocycles. The lowest BCUT2D eigenvalue weighted by Gasteiger charge is -2.18. The molecule has 0 spiro atoms. The van der Waals surface area contributed by atoms with Gasteiger partial charge in [0.15, 0.2) is 0 Å². The van der Waals surface area contributed by atoms with Gasteiger partial charge in [-0.15, -0.1) is 0 Å². The Bertz CT molecular complexity index is 616. The van der Waals surface area contributed by atoms with E-state index >= 15 is 0 Å². The highest BCUT2D eigenvalue weighted by molar-refractivity contribution is 6.21. The van der Waals surface area contributed by atoms with Crippen molar-refractivity contribution in [2.45, 2.75) is 12.6 Å². The summed E-state index contributed by atoms with van der Waals surface area (Å²) in [6.07, 6.45) is 4.07. The molecule has 6 nitrogen and oxygen atoms in total. The molecule has 0 bridgehead atoms. The highest BCUT2D eigenvalue weighted by atomic mass is 16.3. The van der Waals surface area contributed by atoms with Gasteiger partial charge in [0.1, 0.15) is 0 Å². The number of amides is 2. The van der Waals surface area contributed by atoms with Crippen LogP contribution in [0.3, 0.4) is 0 Å². The number of imide groups is 1. The molecule has 0 fully saturated rings. The second-order valence-corrected chi connectivity index (χ2v) is 4.68. The Morgan fingerprint density at radius 1 is 1.10 bits per heavy atom. The van der Waals surface area contributed by atoms with E-state index in [1.54, 1.807) is 47.6 Å². The first-order chi connectivity index (χ1) is 9.66. The van der Waals surface area contributed by atoms with Crippen molar-refractivity contribution < 1.29 is 14.7 Å². The van der Waals surface area contributed by atoms with Crippen molar-refractivity contribution in [1.29, 1.82) is 0 Å². The van der Waals surface area contributed by atoms with Crippen LogP contribution in [0.5, 0.6) is 0 Å². The number of rotatable bonds is 4. The number of β-amino-alcohol motifs (C(OH)–C–C–N with tert-alkyl or cyclic N) is 1. The predicted molar refractivity (Wildman–Crippen MR) is 70.0 cm³/mol. The van der Waals surface area contributed by atoms with Gasteiger partial charge in [0, 0.05) is 12.4 Å². The van der Waals surface area contributed by atoms with Crippen LogP contribution in [0.25, 0.3) is 0 Å². The summed E-state index contributed by atoms with van der Waals surface area (Å²) in [5.41, 5.74) is 0.791. The van der Waals surface area contributed by atoms with Crippen molar-refractivity contribution in [2.75, 3.05) is 6.54 Å². The number of aliphatic hydroxyl groups is 1. The third-order valence-electron chi connectivity index (χ3n) is 3.25. The first-order valence-corrected chi connectivity index (χ1v) is 6.26. The number of fused-ring (bicyclic) bond motifs is 1. The van der Waals surface area contributed by atoms with Gasteiger partial charge in [-0.1, -0.05) is 12.1 Å². The minimum absolute atomic E-state index is 0.0233. The first-order valence-electron chi connectivity index (χ1n) is 6.26. The first kappa shape index (κ1) is 12.6. The van der Waals surface area contributed by atoms with Crippen LogP contribution in [0, 0.1) is 0 Å². The molecule has 1 aromatic carbocycles. The van der Waals surface area contributed by atoms with Crippen molar-refractivity contribution in [2.24, 2.45) is 0 Å². The molecule has 0 aliphatic carbocycles. The minimum atomic E-state index is -0.827. The molecule has 2 amide bonds. The summed E-state index contributed by atoms with van der Waals surface area (Å²) in [6.45, 7) is 0.262. The monoisotopic (exact) mass is 271 g/mol. The Labute approximate surface area is 115 Å². The normalized spacial score (nSPS) is 15.6. The van der Waals surface area contributed by atoms with E-state index < -0.39 is 6.10 Å². The second kappa shape index (κ2) is 4.90. The lowest BCUT2D eigenvalue weighted by atomic mass is 10.1. The van der Waals surface area contributed by atoms with E-state index in [0.717, 1.165) is 4.90 Å². The number of hydrogen-bond acceptors (Lipinski definition) is 4. The molecule has 1 N–H and O–H groups in total. The highest BCUT2D eigenvalue weighted by Gasteiger charge is 2.35. The van der Waals surface area contributed by atoms with Gasteiger partial charge < -0.3 is 9.67 Å². The van der Waals surface area contributed by atoms with Crippen molar-refractivity contribution in [3.05, 3.63) is 54.1 Å². The van der Waals surface area contributed by atoms with Crippen molar-refractivity contribution in [1.82, 2.24) is 14.5 Å². The molecule has 2 heterocycles. The zero-order chi connectivity index (χ0) is 14.1. The molecule has 0 saturated carbocycles. The number of carbonyl (C=O) groups excluding carboxylic acids is 2. The van der Waals surface area contributed by atoms with Gasteiger partial charge in [-0.05, 0) is 12.1 Å². The maximum atomic E-state index is 12.1. The molecule has 0 radical (unpaired) electrons. The molecule has 1 atom stereocenters. The fraction of sp³-hybridized carbons (Fsp3) is 0.214. The summed E-state index contributed by atoms with van der Waals surface area (Å²) < 4.78 is 1.70. The smallest absolute Gasteiger partial charge is 0.261 e. The molecule has 0 saturated heterocycles. The van der Waals surface area contributed by atoms with Gasteiger partial charge in [-0.25, -0.2) is 4.98 Å². The Morgan fingerprint density at radius 2 is 1.75 bits per heavy atom. The lowest BCUT2D eigenvalue weighted by molar-refractivity contribution is 0.0521. The molecule has 0 unspecified atom stereocenters. The van der Waals surface area contributed by atoms with Crippen LogP contribution in [-0.2, 0) is 6.54 Å². The topological polar surface area (TPSA) is 75.4 Å². The average molecular weight is 271 g/mol. The molecule has 102 valence electrons. The van der Waals surface area contributed by atoms with Crippen LogP contribution in [0.2, 0.25) is 0 Å². The fourth-order valence-electron chi connectivity index (χ4n) is 2.31. The third-order valence-corrected chi connectivity index (χ3v) is 3.25. The van der Waals surface area contributed by atoms with Gasteiger partial charge in [0.2, 0.25) is 0 Å². The molecule has 1 aliphatic rings. The van der Waals surface area contributed by atoms with Crippen molar-refractivity contribution >= 4 is 11.8 Å². The Hall–Kier alpha value is -2.47. The number of imidazole rings is 1. The van der Waals surface area contributed by atoms with Crippen molar-refractivity contribution in [3.63, 3.8) is 0 Å². The maximum Gasteiger partial charge on any atom is 0.261 e. The van der Waals surface area contributed by atoms with E-state index in [2.05, 4.69) is 4.98 Å². The highest BCUT2D eigenvalue weighted by Crippen LogP contribution is 2.22. The third kappa shape index (κ3) is 2.10. The van der Waals surface area contributed by atoms with Gasteiger partial charge in [0.25, 0.3) is 11.8 Å². The summed E-state index contributed by atoms with van der Waals surface area (Å²) in [5, 5.41) is 10.0. The Balaban J connectivity index is 1.73. The number of aromatic nitrogens is 2. The van der Waals surface area contributed by atoms with E-state index in [-0.39, 0.29) is 24.9 Å². The van der Waals surface area contributed by atoms with Crippen LogP contribution >= 0.6 is 0 Å². The quantitative estimate of drug-likeness (QED) is 0.823. The number of nitrogens with zero attached hydrogens (tertiary/aromatic N) is 3. The molecule has 2 aromatic rings. The summed E-state index contributed by atoms with van der Waals surface area (Å²) in [5.74, 6) is -0.703. The van der Waals surface area contributed by atoms with Crippen molar-refractivity contribution in [3.8, 4) is 0 Å². The lowest BCUT2D eigenvalue weighted by Crippen LogP contribution is -2.38. The van der Waals surface area contributed by atoms with E-state index in [1.807, 2.05) is 0 Å². The summed E-state index contributed by atoms with van der Waals surface area (Å²) in [6, 6.07) is 6.68. The molecule has 1 aliphatic heterocycles. The van der Waals surface area contributed by atoms with E-state index in [0.29, 0.717) is 11.1 Å². The number of carbonyl (C=O) groups is 2.